The van der Waals surface area contributed by atoms with Gasteiger partial charge in [-0.3, -0.25) is 9.59 Å². The number of nitriles is 1. The van der Waals surface area contributed by atoms with Gasteiger partial charge in [-0.15, -0.1) is 0 Å². The highest BCUT2D eigenvalue weighted by Crippen LogP contribution is 2.33. The molecule has 0 aliphatic carbocycles. The van der Waals surface area contributed by atoms with Crippen LogP contribution in [0.4, 0.5) is 0 Å². The summed E-state index contributed by atoms with van der Waals surface area (Å²) in [5.41, 5.74) is 0.135. The first-order valence-corrected chi connectivity index (χ1v) is 11.3. The Bertz CT molecular complexity index is 1120. The Hall–Kier alpha value is -3.18. The van der Waals surface area contributed by atoms with E-state index in [4.69, 9.17) is 0 Å². The average molecular weight is 426 g/mol. The van der Waals surface area contributed by atoms with Crippen molar-refractivity contribution in [2.45, 2.75) is 31.3 Å². The molecule has 2 aromatic rings. The molecule has 0 aromatic heterocycles. The summed E-state index contributed by atoms with van der Waals surface area (Å²) in [6.07, 6.45) is 1.06. The number of carbonyl (C=O) groups is 2. The third kappa shape index (κ3) is 3.81. The van der Waals surface area contributed by atoms with Crippen LogP contribution in [0.2, 0.25) is 0 Å². The van der Waals surface area contributed by atoms with Crippen LogP contribution in [0.3, 0.4) is 0 Å². The molecule has 2 amide bonds. The summed E-state index contributed by atoms with van der Waals surface area (Å²) >= 11 is 0. The molecule has 3 rings (SSSR count). The van der Waals surface area contributed by atoms with Gasteiger partial charge in [-0.05, 0) is 24.1 Å². The monoisotopic (exact) mass is 425 g/mol. The molecule has 8 heteroatoms. The molecule has 1 aliphatic heterocycles. The van der Waals surface area contributed by atoms with Gasteiger partial charge in [0.25, 0.3) is 5.91 Å². The molecule has 1 aliphatic rings. The summed E-state index contributed by atoms with van der Waals surface area (Å²) in [5.74, 6) is -1.14. The van der Waals surface area contributed by atoms with Crippen LogP contribution >= 0.6 is 0 Å². The minimum absolute atomic E-state index is 0.0538. The maximum absolute atomic E-state index is 13.4. The van der Waals surface area contributed by atoms with E-state index in [1.54, 1.807) is 48.5 Å². The Balaban J connectivity index is 2.05. The molecule has 0 N–H and O–H groups in total. The van der Waals surface area contributed by atoms with Crippen molar-refractivity contribution in [3.8, 4) is 6.07 Å². The van der Waals surface area contributed by atoms with Gasteiger partial charge < -0.3 is 4.90 Å². The topological polar surface area (TPSA) is 98.6 Å². The van der Waals surface area contributed by atoms with Crippen molar-refractivity contribution in [1.29, 1.82) is 5.26 Å². The highest BCUT2D eigenvalue weighted by Gasteiger charge is 2.56. The summed E-state index contributed by atoms with van der Waals surface area (Å²) in [6.45, 7) is 1.48. The van der Waals surface area contributed by atoms with Crippen LogP contribution in [-0.4, -0.2) is 54.3 Å². The normalized spacial score (nSPS) is 22.1. The van der Waals surface area contributed by atoms with Crippen molar-refractivity contribution in [3.63, 3.8) is 0 Å². The molecule has 0 radical (unpaired) electrons. The summed E-state index contributed by atoms with van der Waals surface area (Å²) in [6, 6.07) is 16.8. The lowest BCUT2D eigenvalue weighted by Gasteiger charge is -2.48. The number of carbonyl (C=O) groups excluding carboxylic acids is 2. The number of amides is 2. The van der Waals surface area contributed by atoms with Gasteiger partial charge in [0, 0.05) is 19.9 Å². The zero-order valence-electron chi connectivity index (χ0n) is 17.1. The molecule has 0 saturated carbocycles. The maximum Gasteiger partial charge on any atom is 0.260 e. The molecule has 1 fully saturated rings. The van der Waals surface area contributed by atoms with E-state index < -0.39 is 33.4 Å². The fourth-order valence-electron chi connectivity index (χ4n) is 4.06. The van der Waals surface area contributed by atoms with Gasteiger partial charge in [-0.2, -0.15) is 5.26 Å². The fourth-order valence-corrected chi connectivity index (χ4v) is 5.39. The van der Waals surface area contributed by atoms with E-state index in [0.717, 1.165) is 16.1 Å². The molecule has 0 spiro atoms. The SMILES string of the molecule is CN1C(=O)C(C)(Cc2ccccc2)N(S(C)(=O)=O)C(=O)C1Cc1ccccc1C#N. The Kier molecular flexibility index (Phi) is 5.68. The second-order valence-electron chi connectivity index (χ2n) is 7.71. The van der Waals surface area contributed by atoms with Gasteiger partial charge >= 0.3 is 0 Å². The van der Waals surface area contributed by atoms with Gasteiger partial charge in [0.1, 0.15) is 11.6 Å². The van der Waals surface area contributed by atoms with Gasteiger partial charge in [-0.25, -0.2) is 12.7 Å². The molecule has 1 heterocycles. The van der Waals surface area contributed by atoms with E-state index in [9.17, 15) is 23.3 Å². The summed E-state index contributed by atoms with van der Waals surface area (Å²) in [7, 11) is -2.53. The third-order valence-corrected chi connectivity index (χ3v) is 6.70. The van der Waals surface area contributed by atoms with Gasteiger partial charge in [0.15, 0.2) is 0 Å². The van der Waals surface area contributed by atoms with Crippen molar-refractivity contribution < 1.29 is 18.0 Å². The third-order valence-electron chi connectivity index (χ3n) is 5.46. The molecule has 1 saturated heterocycles. The predicted octanol–water partition coefficient (Wildman–Crippen LogP) is 1.73. The van der Waals surface area contributed by atoms with E-state index in [1.807, 2.05) is 6.07 Å². The Labute approximate surface area is 176 Å². The molecular weight excluding hydrogens is 402 g/mol. The summed E-state index contributed by atoms with van der Waals surface area (Å²) in [5, 5.41) is 9.34. The molecule has 2 aromatic carbocycles. The molecule has 0 bridgehead atoms. The first-order chi connectivity index (χ1) is 14.1. The average Bonchev–Trinajstić information content (AvgIpc) is 2.69. The first-order valence-electron chi connectivity index (χ1n) is 9.43. The van der Waals surface area contributed by atoms with Crippen LogP contribution in [0.15, 0.2) is 54.6 Å². The van der Waals surface area contributed by atoms with Crippen molar-refractivity contribution in [3.05, 3.63) is 71.3 Å². The van der Waals surface area contributed by atoms with Crippen molar-refractivity contribution >= 4 is 21.8 Å². The highest BCUT2D eigenvalue weighted by atomic mass is 32.2. The Morgan fingerprint density at radius 1 is 1.07 bits per heavy atom. The lowest BCUT2D eigenvalue weighted by atomic mass is 9.86. The standard InChI is InChI=1S/C22H23N3O4S/c1-22(14-16-9-5-4-6-10-16)21(27)24(2)19(20(26)25(22)30(3,28)29)13-17-11-7-8-12-18(17)15-23/h4-12,19H,13-14H2,1-3H3. The largest absolute Gasteiger partial charge is 0.331 e. The number of benzene rings is 2. The number of nitrogens with zero attached hydrogens (tertiary/aromatic N) is 3. The second-order valence-corrected chi connectivity index (χ2v) is 9.54. The van der Waals surface area contributed by atoms with Crippen LogP contribution in [0, 0.1) is 11.3 Å². The lowest BCUT2D eigenvalue weighted by Crippen LogP contribution is -2.71. The number of likely N-dealkylation sites (N-methyl/N-ethyl adjacent to an activating group) is 1. The Morgan fingerprint density at radius 3 is 2.27 bits per heavy atom. The highest BCUT2D eigenvalue weighted by molar-refractivity contribution is 7.89. The number of hydrogen-bond acceptors (Lipinski definition) is 5. The second kappa shape index (κ2) is 7.92. The fraction of sp³-hybridized carbons (Fsp3) is 0.318. The molecule has 7 nitrogen and oxygen atoms in total. The molecule has 156 valence electrons. The Morgan fingerprint density at radius 2 is 1.67 bits per heavy atom. The van der Waals surface area contributed by atoms with Gasteiger partial charge in [-0.1, -0.05) is 48.5 Å². The molecule has 30 heavy (non-hydrogen) atoms. The van der Waals surface area contributed by atoms with Crippen molar-refractivity contribution in [1.82, 2.24) is 9.21 Å². The van der Waals surface area contributed by atoms with E-state index in [2.05, 4.69) is 6.07 Å². The minimum atomic E-state index is -4.03. The van der Waals surface area contributed by atoms with E-state index in [-0.39, 0.29) is 12.8 Å². The zero-order chi connectivity index (χ0) is 22.1. The lowest BCUT2D eigenvalue weighted by molar-refractivity contribution is -0.160. The number of piperazine rings is 1. The van der Waals surface area contributed by atoms with Crippen LogP contribution in [0.25, 0.3) is 0 Å². The number of sulfonamides is 1. The van der Waals surface area contributed by atoms with Crippen molar-refractivity contribution in [2.75, 3.05) is 13.3 Å². The van der Waals surface area contributed by atoms with Crippen molar-refractivity contribution in [2.24, 2.45) is 0 Å². The van der Waals surface area contributed by atoms with Gasteiger partial charge in [0.2, 0.25) is 15.9 Å². The quantitative estimate of drug-likeness (QED) is 0.727. The van der Waals surface area contributed by atoms with E-state index in [1.165, 1.54) is 18.9 Å². The number of rotatable bonds is 5. The van der Waals surface area contributed by atoms with E-state index in [0.29, 0.717) is 11.1 Å². The first kappa shape index (κ1) is 21.5. The maximum atomic E-state index is 13.4. The van der Waals surface area contributed by atoms with Gasteiger partial charge in [0.05, 0.1) is 17.9 Å². The zero-order valence-corrected chi connectivity index (χ0v) is 17.9. The van der Waals surface area contributed by atoms with Crippen LogP contribution in [0.5, 0.6) is 0 Å². The minimum Gasteiger partial charge on any atom is -0.331 e. The molecule has 2 unspecified atom stereocenters. The summed E-state index contributed by atoms with van der Waals surface area (Å²) in [4.78, 5) is 28.1. The van der Waals surface area contributed by atoms with E-state index >= 15 is 0 Å². The van der Waals surface area contributed by atoms with Crippen LogP contribution < -0.4 is 0 Å². The number of hydrogen-bond donors (Lipinski definition) is 0. The molecular formula is C22H23N3O4S. The smallest absolute Gasteiger partial charge is 0.260 e. The van der Waals surface area contributed by atoms with Crippen LogP contribution in [-0.2, 0) is 32.5 Å². The van der Waals surface area contributed by atoms with Crippen LogP contribution in [0.1, 0.15) is 23.6 Å². The predicted molar refractivity (Wildman–Crippen MR) is 112 cm³/mol. The molecule has 2 atom stereocenters. The summed E-state index contributed by atoms with van der Waals surface area (Å²) < 4.78 is 26.0.